The van der Waals surface area contributed by atoms with E-state index in [2.05, 4.69) is 32.4 Å². The van der Waals surface area contributed by atoms with E-state index in [-0.39, 0.29) is 12.1 Å². The highest BCUT2D eigenvalue weighted by molar-refractivity contribution is 7.14. The molecule has 0 spiro atoms. The maximum Gasteiger partial charge on any atom is 0.319 e. The lowest BCUT2D eigenvalue weighted by Gasteiger charge is -2.23. The average Bonchev–Trinajstić information content (AvgIpc) is 3.01. The van der Waals surface area contributed by atoms with E-state index in [4.69, 9.17) is 0 Å². The molecule has 0 aliphatic heterocycles. The second-order valence-electron chi connectivity index (χ2n) is 4.35. The molecule has 6 heteroatoms. The van der Waals surface area contributed by atoms with Crippen LogP contribution in [0, 0.1) is 0 Å². The van der Waals surface area contributed by atoms with Gasteiger partial charge in [-0.1, -0.05) is 0 Å². The van der Waals surface area contributed by atoms with Crippen molar-refractivity contribution in [1.29, 1.82) is 0 Å². The molecule has 0 saturated carbocycles. The summed E-state index contributed by atoms with van der Waals surface area (Å²) in [6.45, 7) is 0.584. The molecule has 0 aliphatic carbocycles. The van der Waals surface area contributed by atoms with Crippen LogP contribution in [0.1, 0.15) is 11.6 Å². The summed E-state index contributed by atoms with van der Waals surface area (Å²) in [5.74, 6) is 0. The van der Waals surface area contributed by atoms with Crippen LogP contribution in [-0.4, -0.2) is 31.6 Å². The lowest BCUT2D eigenvalue weighted by Crippen LogP contribution is -2.36. The van der Waals surface area contributed by atoms with Gasteiger partial charge < -0.3 is 10.2 Å². The minimum absolute atomic E-state index is 0.162. The molecular formula is C13H17N3OS2. The number of nitrogens with one attached hydrogen (secondary N) is 2. The summed E-state index contributed by atoms with van der Waals surface area (Å²) in [7, 11) is 4.03. The van der Waals surface area contributed by atoms with Crippen molar-refractivity contribution in [3.63, 3.8) is 0 Å². The van der Waals surface area contributed by atoms with Crippen molar-refractivity contribution in [2.45, 2.75) is 6.04 Å². The van der Waals surface area contributed by atoms with E-state index >= 15 is 0 Å². The Hall–Kier alpha value is -1.37. The maximum atomic E-state index is 11.8. The fraction of sp³-hybridized carbons (Fsp3) is 0.308. The van der Waals surface area contributed by atoms with Crippen LogP contribution in [0.15, 0.2) is 34.3 Å². The highest BCUT2D eigenvalue weighted by Crippen LogP contribution is 2.20. The van der Waals surface area contributed by atoms with E-state index in [0.29, 0.717) is 6.54 Å². The molecule has 2 aromatic rings. The van der Waals surface area contributed by atoms with Crippen LogP contribution < -0.4 is 10.6 Å². The Bertz CT molecular complexity index is 494. The first-order valence-corrected chi connectivity index (χ1v) is 7.76. The zero-order valence-corrected chi connectivity index (χ0v) is 12.6. The molecule has 2 heterocycles. The fourth-order valence-electron chi connectivity index (χ4n) is 1.76. The van der Waals surface area contributed by atoms with Crippen molar-refractivity contribution in [3.05, 3.63) is 39.9 Å². The van der Waals surface area contributed by atoms with E-state index < -0.39 is 0 Å². The Balaban J connectivity index is 1.87. The van der Waals surface area contributed by atoms with Gasteiger partial charge in [-0.25, -0.2) is 4.79 Å². The van der Waals surface area contributed by atoms with Gasteiger partial charge in [-0.3, -0.25) is 5.32 Å². The van der Waals surface area contributed by atoms with E-state index in [1.54, 1.807) is 11.3 Å². The molecule has 0 aromatic carbocycles. The van der Waals surface area contributed by atoms with Crippen molar-refractivity contribution >= 4 is 33.7 Å². The molecule has 1 atom stereocenters. The van der Waals surface area contributed by atoms with Gasteiger partial charge in [-0.2, -0.15) is 11.3 Å². The number of hydrogen-bond donors (Lipinski definition) is 2. The third kappa shape index (κ3) is 4.05. The van der Waals surface area contributed by atoms with Crippen molar-refractivity contribution in [2.75, 3.05) is 26.0 Å². The van der Waals surface area contributed by atoms with Gasteiger partial charge in [0.25, 0.3) is 0 Å². The molecule has 2 N–H and O–H groups in total. The van der Waals surface area contributed by atoms with Gasteiger partial charge in [-0.05, 0) is 54.0 Å². The number of hydrogen-bond acceptors (Lipinski definition) is 4. The van der Waals surface area contributed by atoms with Crippen LogP contribution in [0.5, 0.6) is 0 Å². The van der Waals surface area contributed by atoms with Crippen LogP contribution in [0.2, 0.25) is 0 Å². The Kier molecular flexibility index (Phi) is 4.95. The lowest BCUT2D eigenvalue weighted by atomic mass is 10.1. The van der Waals surface area contributed by atoms with Crippen molar-refractivity contribution < 1.29 is 4.79 Å². The van der Waals surface area contributed by atoms with E-state index in [1.807, 2.05) is 31.6 Å². The van der Waals surface area contributed by atoms with Gasteiger partial charge in [0, 0.05) is 6.54 Å². The molecule has 0 fully saturated rings. The highest BCUT2D eigenvalue weighted by atomic mass is 32.1. The minimum atomic E-state index is -0.162. The summed E-state index contributed by atoms with van der Waals surface area (Å²) in [6.07, 6.45) is 0. The molecule has 0 saturated heterocycles. The SMILES string of the molecule is CN(C)[C@@H](CNC(=O)Nc1cccs1)c1ccsc1. The molecule has 2 amide bonds. The first-order valence-electron chi connectivity index (χ1n) is 5.93. The monoisotopic (exact) mass is 295 g/mol. The number of amides is 2. The summed E-state index contributed by atoms with van der Waals surface area (Å²) in [5, 5.41) is 12.7. The van der Waals surface area contributed by atoms with Gasteiger partial charge in [0.2, 0.25) is 0 Å². The lowest BCUT2D eigenvalue weighted by molar-refractivity contribution is 0.243. The highest BCUT2D eigenvalue weighted by Gasteiger charge is 2.15. The summed E-state index contributed by atoms with van der Waals surface area (Å²) in [6, 6.07) is 5.92. The second-order valence-corrected chi connectivity index (χ2v) is 6.08. The molecule has 0 bridgehead atoms. The Morgan fingerprint density at radius 2 is 2.21 bits per heavy atom. The van der Waals surface area contributed by atoms with Gasteiger partial charge >= 0.3 is 6.03 Å². The van der Waals surface area contributed by atoms with Crippen LogP contribution in [0.25, 0.3) is 0 Å². The number of thiophene rings is 2. The molecule has 0 aliphatic rings. The van der Waals surface area contributed by atoms with Crippen molar-refractivity contribution in [3.8, 4) is 0 Å². The molecule has 0 unspecified atom stereocenters. The maximum absolute atomic E-state index is 11.8. The summed E-state index contributed by atoms with van der Waals surface area (Å²) in [5.41, 5.74) is 1.23. The third-order valence-corrected chi connectivity index (χ3v) is 4.25. The zero-order valence-electron chi connectivity index (χ0n) is 10.9. The predicted octanol–water partition coefficient (Wildman–Crippen LogP) is 3.23. The molecule has 19 heavy (non-hydrogen) atoms. The van der Waals surface area contributed by atoms with Crippen LogP contribution >= 0.6 is 22.7 Å². The van der Waals surface area contributed by atoms with E-state index in [9.17, 15) is 4.79 Å². The summed E-state index contributed by atoms with van der Waals surface area (Å²) in [4.78, 5) is 13.9. The van der Waals surface area contributed by atoms with Crippen LogP contribution in [0.3, 0.4) is 0 Å². The molecule has 2 aromatic heterocycles. The topological polar surface area (TPSA) is 44.4 Å². The Labute approximate surface area is 121 Å². The zero-order chi connectivity index (χ0) is 13.7. The number of nitrogens with zero attached hydrogens (tertiary/aromatic N) is 1. The van der Waals surface area contributed by atoms with Gasteiger partial charge in [0.1, 0.15) is 0 Å². The molecular weight excluding hydrogens is 278 g/mol. The van der Waals surface area contributed by atoms with E-state index in [1.165, 1.54) is 16.9 Å². The van der Waals surface area contributed by atoms with Crippen LogP contribution in [0.4, 0.5) is 9.80 Å². The molecule has 2 rings (SSSR count). The van der Waals surface area contributed by atoms with Crippen molar-refractivity contribution in [2.24, 2.45) is 0 Å². The summed E-state index contributed by atoms with van der Waals surface area (Å²) >= 11 is 3.18. The minimum Gasteiger partial charge on any atom is -0.336 e. The molecule has 0 radical (unpaired) electrons. The Morgan fingerprint density at radius 1 is 1.37 bits per heavy atom. The predicted molar refractivity (Wildman–Crippen MR) is 82.1 cm³/mol. The molecule has 102 valence electrons. The largest absolute Gasteiger partial charge is 0.336 e. The standard InChI is InChI=1S/C13H17N3OS2/c1-16(2)11(10-5-7-18-9-10)8-14-13(17)15-12-4-3-6-19-12/h3-7,9,11H,8H2,1-2H3,(H2,14,15,17)/t11-/m0/s1. The first-order chi connectivity index (χ1) is 9.16. The number of carbonyl (C=O) groups excluding carboxylic acids is 1. The quantitative estimate of drug-likeness (QED) is 0.889. The number of rotatable bonds is 5. The summed E-state index contributed by atoms with van der Waals surface area (Å²) < 4.78 is 0. The normalized spacial score (nSPS) is 12.4. The van der Waals surface area contributed by atoms with Gasteiger partial charge in [-0.15, -0.1) is 11.3 Å². The van der Waals surface area contributed by atoms with E-state index in [0.717, 1.165) is 5.00 Å². The fourth-order valence-corrected chi connectivity index (χ4v) is 3.08. The Morgan fingerprint density at radius 3 is 2.79 bits per heavy atom. The average molecular weight is 295 g/mol. The number of urea groups is 1. The first kappa shape index (κ1) is 14.0. The van der Waals surface area contributed by atoms with Crippen LogP contribution in [-0.2, 0) is 0 Å². The number of carbonyl (C=O) groups is 1. The van der Waals surface area contributed by atoms with Gasteiger partial charge in [0.05, 0.1) is 11.0 Å². The third-order valence-electron chi connectivity index (χ3n) is 2.77. The van der Waals surface area contributed by atoms with Gasteiger partial charge in [0.15, 0.2) is 0 Å². The smallest absolute Gasteiger partial charge is 0.319 e. The number of likely N-dealkylation sites (N-methyl/N-ethyl adjacent to an activating group) is 1. The second kappa shape index (κ2) is 6.70. The number of anilines is 1. The molecule has 4 nitrogen and oxygen atoms in total. The van der Waals surface area contributed by atoms with Crippen molar-refractivity contribution in [1.82, 2.24) is 10.2 Å².